The minimum Gasteiger partial charge on any atom is -0.493 e. The van der Waals surface area contributed by atoms with Gasteiger partial charge < -0.3 is 19.9 Å². The standard InChI is InChI=1S/C15H22BrNO3/c1-10(2)20-9-14(18)8-17-7-12-6-13(16)5-11-3-4-19-15(11)12/h5-6,10,14,17-18H,3-4,7-9H2,1-2H3. The van der Waals surface area contributed by atoms with Gasteiger partial charge in [0.2, 0.25) is 0 Å². The lowest BCUT2D eigenvalue weighted by atomic mass is 10.1. The summed E-state index contributed by atoms with van der Waals surface area (Å²) in [4.78, 5) is 0. The minimum absolute atomic E-state index is 0.145. The fourth-order valence-electron chi connectivity index (χ4n) is 2.21. The maximum Gasteiger partial charge on any atom is 0.127 e. The molecule has 0 amide bonds. The van der Waals surface area contributed by atoms with Gasteiger partial charge in [0, 0.05) is 29.5 Å². The van der Waals surface area contributed by atoms with E-state index in [2.05, 4.69) is 33.4 Å². The second kappa shape index (κ2) is 7.41. The smallest absolute Gasteiger partial charge is 0.127 e. The van der Waals surface area contributed by atoms with E-state index in [1.807, 2.05) is 13.8 Å². The van der Waals surface area contributed by atoms with Gasteiger partial charge >= 0.3 is 0 Å². The first-order valence-electron chi connectivity index (χ1n) is 7.00. The van der Waals surface area contributed by atoms with Crippen LogP contribution in [0.3, 0.4) is 0 Å². The molecule has 2 rings (SSSR count). The molecule has 1 aromatic carbocycles. The number of aliphatic hydroxyl groups is 1. The van der Waals surface area contributed by atoms with Gasteiger partial charge in [0.1, 0.15) is 5.75 Å². The fourth-order valence-corrected chi connectivity index (χ4v) is 2.77. The average molecular weight is 344 g/mol. The van der Waals surface area contributed by atoms with Crippen LogP contribution < -0.4 is 10.1 Å². The molecule has 0 aromatic heterocycles. The summed E-state index contributed by atoms with van der Waals surface area (Å²) in [5.74, 6) is 0.994. The summed E-state index contributed by atoms with van der Waals surface area (Å²) in [6, 6.07) is 4.17. The Balaban J connectivity index is 1.83. The van der Waals surface area contributed by atoms with Crippen molar-refractivity contribution in [2.24, 2.45) is 0 Å². The van der Waals surface area contributed by atoms with E-state index < -0.39 is 6.10 Å². The highest BCUT2D eigenvalue weighted by atomic mass is 79.9. The number of aliphatic hydroxyl groups excluding tert-OH is 1. The van der Waals surface area contributed by atoms with Crippen LogP contribution in [0.5, 0.6) is 5.75 Å². The molecule has 5 heteroatoms. The molecule has 1 aliphatic heterocycles. The molecule has 0 bridgehead atoms. The third-order valence-corrected chi connectivity index (χ3v) is 3.60. The summed E-state index contributed by atoms with van der Waals surface area (Å²) in [6.45, 7) is 6.22. The van der Waals surface area contributed by atoms with E-state index in [4.69, 9.17) is 9.47 Å². The molecule has 0 saturated heterocycles. The summed E-state index contributed by atoms with van der Waals surface area (Å²) in [7, 11) is 0. The second-order valence-corrected chi connectivity index (χ2v) is 6.23. The molecule has 0 aliphatic carbocycles. The molecule has 2 N–H and O–H groups in total. The zero-order valence-corrected chi connectivity index (χ0v) is 13.6. The highest BCUT2D eigenvalue weighted by Gasteiger charge is 2.17. The molecule has 1 unspecified atom stereocenters. The highest BCUT2D eigenvalue weighted by molar-refractivity contribution is 9.10. The first-order valence-corrected chi connectivity index (χ1v) is 7.80. The van der Waals surface area contributed by atoms with Gasteiger partial charge in [-0.2, -0.15) is 0 Å². The van der Waals surface area contributed by atoms with Gasteiger partial charge in [-0.25, -0.2) is 0 Å². The number of ether oxygens (including phenoxy) is 2. The van der Waals surface area contributed by atoms with Crippen LogP contribution in [0.1, 0.15) is 25.0 Å². The van der Waals surface area contributed by atoms with E-state index in [9.17, 15) is 5.11 Å². The van der Waals surface area contributed by atoms with Crippen molar-refractivity contribution in [2.45, 2.75) is 39.0 Å². The topological polar surface area (TPSA) is 50.7 Å². The van der Waals surface area contributed by atoms with Crippen LogP contribution in [0.4, 0.5) is 0 Å². The molecule has 0 saturated carbocycles. The van der Waals surface area contributed by atoms with Gasteiger partial charge in [-0.05, 0) is 31.5 Å². The Bertz CT molecular complexity index is 451. The zero-order chi connectivity index (χ0) is 14.5. The summed E-state index contributed by atoms with van der Waals surface area (Å²) >= 11 is 3.52. The number of halogens is 1. The van der Waals surface area contributed by atoms with E-state index in [1.54, 1.807) is 0 Å². The van der Waals surface area contributed by atoms with Crippen LogP contribution in [-0.2, 0) is 17.7 Å². The van der Waals surface area contributed by atoms with Crippen LogP contribution >= 0.6 is 15.9 Å². The number of hydrogen-bond acceptors (Lipinski definition) is 4. The van der Waals surface area contributed by atoms with Crippen molar-refractivity contribution in [2.75, 3.05) is 19.8 Å². The monoisotopic (exact) mass is 343 g/mol. The van der Waals surface area contributed by atoms with Crippen molar-refractivity contribution in [3.8, 4) is 5.75 Å². The van der Waals surface area contributed by atoms with Gasteiger partial charge in [0.05, 0.1) is 25.4 Å². The number of fused-ring (bicyclic) bond motifs is 1. The third-order valence-electron chi connectivity index (χ3n) is 3.14. The molecule has 1 aromatic rings. The summed E-state index contributed by atoms with van der Waals surface area (Å²) < 4.78 is 12.1. The molecule has 1 heterocycles. The number of rotatable bonds is 7. The lowest BCUT2D eigenvalue weighted by molar-refractivity contribution is 0.00629. The lowest BCUT2D eigenvalue weighted by Gasteiger charge is -2.15. The first-order chi connectivity index (χ1) is 9.56. The maximum atomic E-state index is 9.80. The number of benzene rings is 1. The van der Waals surface area contributed by atoms with Crippen LogP contribution in [0.15, 0.2) is 16.6 Å². The van der Waals surface area contributed by atoms with E-state index in [0.717, 1.165) is 28.8 Å². The van der Waals surface area contributed by atoms with E-state index in [0.29, 0.717) is 19.7 Å². The molecule has 0 fully saturated rings. The van der Waals surface area contributed by atoms with Gasteiger partial charge in [0.25, 0.3) is 0 Å². The average Bonchev–Trinajstić information content (AvgIpc) is 2.84. The highest BCUT2D eigenvalue weighted by Crippen LogP contribution is 2.32. The van der Waals surface area contributed by atoms with Gasteiger partial charge in [0.15, 0.2) is 0 Å². The van der Waals surface area contributed by atoms with Crippen LogP contribution in [0, 0.1) is 0 Å². The first kappa shape index (κ1) is 15.8. The summed E-state index contributed by atoms with van der Waals surface area (Å²) in [5.41, 5.74) is 2.38. The Morgan fingerprint density at radius 3 is 3.00 bits per heavy atom. The van der Waals surface area contributed by atoms with Crippen LogP contribution in [-0.4, -0.2) is 37.1 Å². The zero-order valence-electron chi connectivity index (χ0n) is 12.0. The Labute approximate surface area is 128 Å². The Morgan fingerprint density at radius 1 is 1.45 bits per heavy atom. The minimum atomic E-state index is -0.487. The summed E-state index contributed by atoms with van der Waals surface area (Å²) in [6.07, 6.45) is 0.622. The van der Waals surface area contributed by atoms with Gasteiger partial charge in [-0.1, -0.05) is 15.9 Å². The molecule has 1 aliphatic rings. The molecule has 0 spiro atoms. The van der Waals surface area contributed by atoms with Crippen molar-refractivity contribution in [3.63, 3.8) is 0 Å². The quantitative estimate of drug-likeness (QED) is 0.797. The molecule has 20 heavy (non-hydrogen) atoms. The largest absolute Gasteiger partial charge is 0.493 e. The van der Waals surface area contributed by atoms with Crippen molar-refractivity contribution in [1.82, 2.24) is 5.32 Å². The maximum absolute atomic E-state index is 9.80. The lowest BCUT2D eigenvalue weighted by Crippen LogP contribution is -2.31. The molecule has 1 atom stereocenters. The SMILES string of the molecule is CC(C)OCC(O)CNCc1cc(Br)cc2c1OCC2. The molecule has 4 nitrogen and oxygen atoms in total. The Kier molecular flexibility index (Phi) is 5.84. The van der Waals surface area contributed by atoms with Crippen molar-refractivity contribution in [1.29, 1.82) is 0 Å². The predicted octanol–water partition coefficient (Wildman–Crippen LogP) is 2.26. The van der Waals surface area contributed by atoms with E-state index in [1.165, 1.54) is 5.56 Å². The summed E-state index contributed by atoms with van der Waals surface area (Å²) in [5, 5.41) is 13.0. The van der Waals surface area contributed by atoms with Crippen molar-refractivity contribution >= 4 is 15.9 Å². The van der Waals surface area contributed by atoms with Gasteiger partial charge in [-0.15, -0.1) is 0 Å². The Hall–Kier alpha value is -0.620. The third kappa shape index (κ3) is 4.45. The van der Waals surface area contributed by atoms with E-state index >= 15 is 0 Å². The van der Waals surface area contributed by atoms with Gasteiger partial charge in [-0.3, -0.25) is 0 Å². The van der Waals surface area contributed by atoms with E-state index in [-0.39, 0.29) is 6.10 Å². The number of nitrogens with one attached hydrogen (secondary N) is 1. The molecule has 112 valence electrons. The number of hydrogen-bond donors (Lipinski definition) is 2. The second-order valence-electron chi connectivity index (χ2n) is 5.32. The Morgan fingerprint density at radius 2 is 2.25 bits per heavy atom. The molecule has 0 radical (unpaired) electrons. The molecular weight excluding hydrogens is 322 g/mol. The van der Waals surface area contributed by atoms with Crippen molar-refractivity contribution in [3.05, 3.63) is 27.7 Å². The predicted molar refractivity (Wildman–Crippen MR) is 82.1 cm³/mol. The van der Waals surface area contributed by atoms with Crippen LogP contribution in [0.25, 0.3) is 0 Å². The van der Waals surface area contributed by atoms with Crippen LogP contribution in [0.2, 0.25) is 0 Å². The fraction of sp³-hybridized carbons (Fsp3) is 0.600. The molecular formula is C15H22BrNO3. The van der Waals surface area contributed by atoms with Crippen molar-refractivity contribution < 1.29 is 14.6 Å². The normalized spacial score (nSPS) is 15.2.